The zero-order chi connectivity index (χ0) is 26.0. The van der Waals surface area contributed by atoms with Gasteiger partial charge in [0.05, 0.1) is 25.8 Å². The quantitative estimate of drug-likeness (QED) is 0.322. The van der Waals surface area contributed by atoms with Gasteiger partial charge in [-0.1, -0.05) is 26.0 Å². The predicted molar refractivity (Wildman–Crippen MR) is 137 cm³/mol. The molecule has 36 heavy (non-hydrogen) atoms. The number of methoxy groups -OCH3 is 2. The van der Waals surface area contributed by atoms with Gasteiger partial charge < -0.3 is 29.1 Å². The summed E-state index contributed by atoms with van der Waals surface area (Å²) in [6, 6.07) is 9.86. The van der Waals surface area contributed by atoms with Crippen LogP contribution < -0.4 is 14.2 Å². The fourth-order valence-electron chi connectivity index (χ4n) is 5.08. The molecule has 0 bridgehead atoms. The highest BCUT2D eigenvalue weighted by atomic mass is 16.5. The molecule has 2 aliphatic heterocycles. The van der Waals surface area contributed by atoms with Crippen LogP contribution in [0, 0.1) is 0 Å². The van der Waals surface area contributed by atoms with Crippen LogP contribution in [-0.2, 0) is 16.0 Å². The third-order valence-electron chi connectivity index (χ3n) is 6.99. The number of likely N-dealkylation sites (N-methyl/N-ethyl adjacent to an activating group) is 1. The smallest absolute Gasteiger partial charge is 0.295 e. The van der Waals surface area contributed by atoms with Crippen molar-refractivity contribution >= 4 is 17.4 Å². The van der Waals surface area contributed by atoms with E-state index in [2.05, 4.69) is 18.7 Å². The van der Waals surface area contributed by atoms with Gasteiger partial charge in [0.2, 0.25) is 0 Å². The normalized spacial score (nSPS) is 20.6. The molecule has 2 aliphatic rings. The van der Waals surface area contributed by atoms with E-state index in [1.807, 2.05) is 13.0 Å². The fourth-order valence-corrected chi connectivity index (χ4v) is 5.08. The molecule has 2 heterocycles. The van der Waals surface area contributed by atoms with Crippen molar-refractivity contribution in [1.29, 1.82) is 0 Å². The summed E-state index contributed by atoms with van der Waals surface area (Å²) in [5.74, 6) is 0.0965. The van der Waals surface area contributed by atoms with Crippen molar-refractivity contribution in [3.05, 3.63) is 58.7 Å². The van der Waals surface area contributed by atoms with Gasteiger partial charge in [0.1, 0.15) is 17.6 Å². The number of carbonyl (C=O) groups is 2. The fraction of sp³-hybridized carbons (Fsp3) is 0.429. The SMILES string of the molecule is CCN(CC)CCN1C(=O)C(=O)/C(=C(/O)c2ccc3c(c2)CC(C)O3)C1c1cccc(OC)c1OC. The molecule has 0 radical (unpaired) electrons. The summed E-state index contributed by atoms with van der Waals surface area (Å²) in [6.45, 7) is 8.65. The monoisotopic (exact) mass is 494 g/mol. The van der Waals surface area contributed by atoms with Crippen LogP contribution in [0.15, 0.2) is 42.0 Å². The first-order valence-corrected chi connectivity index (χ1v) is 12.4. The first-order valence-electron chi connectivity index (χ1n) is 12.4. The lowest BCUT2D eigenvalue weighted by atomic mass is 9.93. The van der Waals surface area contributed by atoms with Crippen molar-refractivity contribution in [2.45, 2.75) is 39.3 Å². The second kappa shape index (κ2) is 10.6. The van der Waals surface area contributed by atoms with E-state index in [1.165, 1.54) is 19.1 Å². The molecule has 0 aliphatic carbocycles. The Hall–Kier alpha value is -3.52. The number of carbonyl (C=O) groups excluding carboxylic acids is 2. The topological polar surface area (TPSA) is 88.5 Å². The number of hydrogen-bond acceptors (Lipinski definition) is 7. The number of aliphatic hydroxyl groups is 1. The average Bonchev–Trinajstić information content (AvgIpc) is 3.38. The second-order valence-electron chi connectivity index (χ2n) is 9.06. The van der Waals surface area contributed by atoms with Crippen LogP contribution in [0.25, 0.3) is 5.76 Å². The van der Waals surface area contributed by atoms with Crippen LogP contribution in [0.4, 0.5) is 0 Å². The first kappa shape index (κ1) is 25.6. The van der Waals surface area contributed by atoms with Crippen molar-refractivity contribution in [3.8, 4) is 17.2 Å². The number of amides is 1. The number of benzene rings is 2. The molecule has 1 fully saturated rings. The number of hydrogen-bond donors (Lipinski definition) is 1. The zero-order valence-electron chi connectivity index (χ0n) is 21.5. The third kappa shape index (κ3) is 4.53. The van der Waals surface area contributed by atoms with Crippen LogP contribution in [0.5, 0.6) is 17.2 Å². The number of Topliss-reactive ketones (excluding diaryl/α,β-unsaturated/α-hetero) is 1. The van der Waals surface area contributed by atoms with Gasteiger partial charge in [-0.15, -0.1) is 0 Å². The lowest BCUT2D eigenvalue weighted by molar-refractivity contribution is -0.140. The molecule has 4 rings (SSSR count). The summed E-state index contributed by atoms with van der Waals surface area (Å²) in [5.41, 5.74) is 2.05. The highest BCUT2D eigenvalue weighted by molar-refractivity contribution is 6.46. The van der Waals surface area contributed by atoms with Crippen LogP contribution >= 0.6 is 0 Å². The summed E-state index contributed by atoms with van der Waals surface area (Å²) < 4.78 is 16.9. The molecule has 8 nitrogen and oxygen atoms in total. The number of ketones is 1. The molecule has 2 atom stereocenters. The molecular weight excluding hydrogens is 460 g/mol. The molecule has 1 amide bonds. The Balaban J connectivity index is 1.86. The number of rotatable bonds is 9. The Labute approximate surface area is 212 Å². The molecule has 2 aromatic carbocycles. The maximum absolute atomic E-state index is 13.4. The molecule has 2 unspecified atom stereocenters. The van der Waals surface area contributed by atoms with Gasteiger partial charge in [0.15, 0.2) is 11.5 Å². The van der Waals surface area contributed by atoms with Gasteiger partial charge in [0, 0.05) is 30.6 Å². The number of para-hydroxylation sites is 1. The Kier molecular flexibility index (Phi) is 7.54. The molecule has 192 valence electrons. The Morgan fingerprint density at radius 3 is 2.56 bits per heavy atom. The van der Waals surface area contributed by atoms with Gasteiger partial charge in [0.25, 0.3) is 11.7 Å². The summed E-state index contributed by atoms with van der Waals surface area (Å²) in [5, 5.41) is 11.5. The maximum Gasteiger partial charge on any atom is 0.295 e. The highest BCUT2D eigenvalue weighted by Gasteiger charge is 2.47. The van der Waals surface area contributed by atoms with Gasteiger partial charge in [-0.3, -0.25) is 9.59 Å². The molecule has 0 aromatic heterocycles. The Bertz CT molecular complexity index is 1190. The second-order valence-corrected chi connectivity index (χ2v) is 9.06. The van der Waals surface area contributed by atoms with Gasteiger partial charge >= 0.3 is 0 Å². The van der Waals surface area contributed by atoms with E-state index >= 15 is 0 Å². The number of fused-ring (bicyclic) bond motifs is 1. The number of nitrogens with zero attached hydrogens (tertiary/aromatic N) is 2. The maximum atomic E-state index is 13.4. The lowest BCUT2D eigenvalue weighted by Gasteiger charge is -2.29. The van der Waals surface area contributed by atoms with E-state index < -0.39 is 17.7 Å². The van der Waals surface area contributed by atoms with Crippen LogP contribution in [0.2, 0.25) is 0 Å². The molecule has 2 aromatic rings. The van der Waals surface area contributed by atoms with Gasteiger partial charge in [-0.2, -0.15) is 0 Å². The summed E-state index contributed by atoms with van der Waals surface area (Å²) in [4.78, 5) is 30.5. The highest BCUT2D eigenvalue weighted by Crippen LogP contribution is 2.45. The molecular formula is C28H34N2O6. The Morgan fingerprint density at radius 2 is 1.89 bits per heavy atom. The van der Waals surface area contributed by atoms with E-state index in [-0.39, 0.29) is 17.4 Å². The standard InChI is InChI=1S/C28H34N2O6/c1-6-29(7-2)13-14-30-24(20-9-8-10-22(34-4)27(20)35-5)23(26(32)28(30)33)25(31)18-11-12-21-19(16-18)15-17(3)36-21/h8-12,16-17,24,31H,6-7,13-15H2,1-5H3/b25-23+. The van der Waals surface area contributed by atoms with Gasteiger partial charge in [-0.25, -0.2) is 0 Å². The summed E-state index contributed by atoms with van der Waals surface area (Å²) >= 11 is 0. The molecule has 0 saturated carbocycles. The summed E-state index contributed by atoms with van der Waals surface area (Å²) in [7, 11) is 3.05. The Morgan fingerprint density at radius 1 is 1.14 bits per heavy atom. The van der Waals surface area contributed by atoms with E-state index in [1.54, 1.807) is 30.3 Å². The first-order chi connectivity index (χ1) is 17.3. The zero-order valence-corrected chi connectivity index (χ0v) is 21.5. The van der Waals surface area contributed by atoms with Crippen LogP contribution in [0.3, 0.4) is 0 Å². The average molecular weight is 495 g/mol. The van der Waals surface area contributed by atoms with Gasteiger partial charge in [-0.05, 0) is 49.8 Å². The third-order valence-corrected chi connectivity index (χ3v) is 6.99. The number of ether oxygens (including phenoxy) is 3. The van der Waals surface area contributed by atoms with E-state index in [9.17, 15) is 14.7 Å². The predicted octanol–water partition coefficient (Wildman–Crippen LogP) is 3.79. The van der Waals surface area contributed by atoms with Crippen molar-refractivity contribution in [1.82, 2.24) is 9.80 Å². The van der Waals surface area contributed by atoms with E-state index in [0.29, 0.717) is 42.1 Å². The van der Waals surface area contributed by atoms with E-state index in [4.69, 9.17) is 14.2 Å². The number of likely N-dealkylation sites (tertiary alicyclic amines) is 1. The van der Waals surface area contributed by atoms with Crippen molar-refractivity contribution < 1.29 is 28.9 Å². The molecule has 8 heteroatoms. The minimum Gasteiger partial charge on any atom is -0.507 e. The molecule has 0 spiro atoms. The van der Waals surface area contributed by atoms with Crippen LogP contribution in [-0.4, -0.2) is 73.1 Å². The summed E-state index contributed by atoms with van der Waals surface area (Å²) in [6.07, 6.45) is 0.756. The molecule has 1 N–H and O–H groups in total. The molecule has 1 saturated heterocycles. The van der Waals surface area contributed by atoms with E-state index in [0.717, 1.165) is 24.4 Å². The van der Waals surface area contributed by atoms with Crippen molar-refractivity contribution in [2.24, 2.45) is 0 Å². The lowest BCUT2D eigenvalue weighted by Crippen LogP contribution is -2.38. The largest absolute Gasteiger partial charge is 0.507 e. The van der Waals surface area contributed by atoms with Crippen LogP contribution in [0.1, 0.15) is 43.5 Å². The van der Waals surface area contributed by atoms with Crippen molar-refractivity contribution in [3.63, 3.8) is 0 Å². The number of aliphatic hydroxyl groups excluding tert-OH is 1. The van der Waals surface area contributed by atoms with Crippen molar-refractivity contribution in [2.75, 3.05) is 40.4 Å². The minimum absolute atomic E-state index is 0.0398. The minimum atomic E-state index is -0.825.